The number of hydrogen-bond donors (Lipinski definition) is 2. The van der Waals surface area contributed by atoms with Gasteiger partial charge in [-0.3, -0.25) is 4.99 Å². The van der Waals surface area contributed by atoms with Crippen LogP contribution in [-0.4, -0.2) is 25.8 Å². The van der Waals surface area contributed by atoms with Crippen LogP contribution in [0.25, 0.3) is 0 Å². The van der Waals surface area contributed by atoms with Crippen LogP contribution in [0.5, 0.6) is 0 Å². The van der Waals surface area contributed by atoms with Gasteiger partial charge in [-0.25, -0.2) is 0 Å². The standard InChI is InChI=1S/C8H17N3O/c1-7(6-12)4-3-5-11-8(9)10-2/h6-7H,3-5H2,1-2H3,(H3,9,10,11). The van der Waals surface area contributed by atoms with Crippen molar-refractivity contribution in [1.29, 1.82) is 0 Å². The Morgan fingerprint density at radius 3 is 2.92 bits per heavy atom. The van der Waals surface area contributed by atoms with Crippen LogP contribution in [0.1, 0.15) is 19.8 Å². The summed E-state index contributed by atoms with van der Waals surface area (Å²) in [6, 6.07) is 0. The van der Waals surface area contributed by atoms with Crippen LogP contribution in [0, 0.1) is 5.92 Å². The molecule has 12 heavy (non-hydrogen) atoms. The van der Waals surface area contributed by atoms with Crippen molar-refractivity contribution in [1.82, 2.24) is 5.32 Å². The van der Waals surface area contributed by atoms with Crippen LogP contribution < -0.4 is 11.1 Å². The molecule has 0 saturated heterocycles. The van der Waals surface area contributed by atoms with Crippen molar-refractivity contribution in [2.24, 2.45) is 16.6 Å². The Balaban J connectivity index is 3.27. The topological polar surface area (TPSA) is 67.5 Å². The third kappa shape index (κ3) is 5.70. The minimum Gasteiger partial charge on any atom is -0.370 e. The van der Waals surface area contributed by atoms with Crippen molar-refractivity contribution in [2.75, 3.05) is 13.6 Å². The fraction of sp³-hybridized carbons (Fsp3) is 0.750. The second-order valence-electron chi connectivity index (χ2n) is 2.79. The molecule has 0 amide bonds. The highest BCUT2D eigenvalue weighted by atomic mass is 16.1. The van der Waals surface area contributed by atoms with Gasteiger partial charge >= 0.3 is 0 Å². The molecule has 3 N–H and O–H groups in total. The first-order valence-electron chi connectivity index (χ1n) is 4.12. The number of nitrogens with zero attached hydrogens (tertiary/aromatic N) is 1. The highest BCUT2D eigenvalue weighted by molar-refractivity contribution is 5.77. The predicted molar refractivity (Wildman–Crippen MR) is 50.0 cm³/mol. The van der Waals surface area contributed by atoms with Crippen LogP contribution >= 0.6 is 0 Å². The molecule has 0 bridgehead atoms. The van der Waals surface area contributed by atoms with Crippen molar-refractivity contribution >= 4 is 12.2 Å². The Bertz CT molecular complexity index is 156. The number of carbonyl (C=O) groups excluding carboxylic acids is 1. The zero-order chi connectivity index (χ0) is 9.40. The molecule has 0 aromatic carbocycles. The molecule has 0 heterocycles. The van der Waals surface area contributed by atoms with Crippen LogP contribution in [0.3, 0.4) is 0 Å². The third-order valence-corrected chi connectivity index (χ3v) is 1.62. The highest BCUT2D eigenvalue weighted by Gasteiger charge is 1.98. The van der Waals surface area contributed by atoms with Gasteiger partial charge in [-0.05, 0) is 12.8 Å². The Kier molecular flexibility index (Phi) is 6.05. The number of nitrogens with one attached hydrogen (secondary N) is 1. The van der Waals surface area contributed by atoms with E-state index in [-0.39, 0.29) is 5.92 Å². The summed E-state index contributed by atoms with van der Waals surface area (Å²) in [6.07, 6.45) is 2.81. The minimum absolute atomic E-state index is 0.145. The summed E-state index contributed by atoms with van der Waals surface area (Å²) in [5.74, 6) is 0.598. The second-order valence-corrected chi connectivity index (χ2v) is 2.79. The monoisotopic (exact) mass is 171 g/mol. The maximum atomic E-state index is 10.2. The van der Waals surface area contributed by atoms with Crippen LogP contribution in [-0.2, 0) is 4.79 Å². The molecule has 0 spiro atoms. The van der Waals surface area contributed by atoms with Gasteiger partial charge in [-0.2, -0.15) is 0 Å². The number of guanidine groups is 1. The number of aldehydes is 1. The lowest BCUT2D eigenvalue weighted by Gasteiger charge is -2.05. The molecule has 0 rings (SSSR count). The first kappa shape index (κ1) is 10.9. The summed E-state index contributed by atoms with van der Waals surface area (Å²) >= 11 is 0. The van der Waals surface area contributed by atoms with E-state index in [1.807, 2.05) is 6.92 Å². The van der Waals surface area contributed by atoms with Gasteiger partial charge in [0.2, 0.25) is 0 Å². The minimum atomic E-state index is 0.145. The van der Waals surface area contributed by atoms with E-state index in [4.69, 9.17) is 5.73 Å². The summed E-state index contributed by atoms with van der Waals surface area (Å²) in [7, 11) is 1.64. The molecular weight excluding hydrogens is 154 g/mol. The van der Waals surface area contributed by atoms with E-state index in [2.05, 4.69) is 10.3 Å². The van der Waals surface area contributed by atoms with E-state index in [9.17, 15) is 4.79 Å². The number of aliphatic imine (C=N–C) groups is 1. The summed E-state index contributed by atoms with van der Waals surface area (Å²) < 4.78 is 0. The SMILES string of the molecule is C/N=C(\N)NCCCC(C)C=O. The van der Waals surface area contributed by atoms with E-state index < -0.39 is 0 Å². The molecule has 4 nitrogen and oxygen atoms in total. The zero-order valence-electron chi connectivity index (χ0n) is 7.71. The van der Waals surface area contributed by atoms with Crippen molar-refractivity contribution < 1.29 is 4.79 Å². The summed E-state index contributed by atoms with van der Waals surface area (Å²) in [4.78, 5) is 14.0. The molecule has 0 aliphatic rings. The quantitative estimate of drug-likeness (QED) is 0.267. The lowest BCUT2D eigenvalue weighted by molar-refractivity contribution is -0.110. The number of carbonyl (C=O) groups is 1. The van der Waals surface area contributed by atoms with E-state index in [0.717, 1.165) is 25.7 Å². The van der Waals surface area contributed by atoms with Crippen LogP contribution in [0.15, 0.2) is 4.99 Å². The molecule has 70 valence electrons. The molecule has 0 aliphatic heterocycles. The Hall–Kier alpha value is -1.06. The Labute approximate surface area is 73.2 Å². The first-order chi connectivity index (χ1) is 5.70. The van der Waals surface area contributed by atoms with Crippen molar-refractivity contribution in [3.05, 3.63) is 0 Å². The van der Waals surface area contributed by atoms with Crippen molar-refractivity contribution in [2.45, 2.75) is 19.8 Å². The lowest BCUT2D eigenvalue weighted by atomic mass is 10.1. The maximum Gasteiger partial charge on any atom is 0.188 e. The van der Waals surface area contributed by atoms with Gasteiger partial charge in [0.25, 0.3) is 0 Å². The van der Waals surface area contributed by atoms with Crippen LogP contribution in [0.4, 0.5) is 0 Å². The molecule has 1 atom stereocenters. The fourth-order valence-corrected chi connectivity index (χ4v) is 0.788. The smallest absolute Gasteiger partial charge is 0.188 e. The number of hydrogen-bond acceptors (Lipinski definition) is 2. The van der Waals surface area contributed by atoms with E-state index in [1.54, 1.807) is 7.05 Å². The number of rotatable bonds is 5. The van der Waals surface area contributed by atoms with Crippen molar-refractivity contribution in [3.8, 4) is 0 Å². The fourth-order valence-electron chi connectivity index (χ4n) is 0.788. The lowest BCUT2D eigenvalue weighted by Crippen LogP contribution is -2.32. The first-order valence-corrected chi connectivity index (χ1v) is 4.12. The largest absolute Gasteiger partial charge is 0.370 e. The molecule has 0 radical (unpaired) electrons. The third-order valence-electron chi connectivity index (χ3n) is 1.62. The van der Waals surface area contributed by atoms with Crippen LogP contribution in [0.2, 0.25) is 0 Å². The van der Waals surface area contributed by atoms with Gasteiger partial charge in [0.05, 0.1) is 0 Å². The maximum absolute atomic E-state index is 10.2. The average molecular weight is 171 g/mol. The molecule has 1 unspecified atom stereocenters. The average Bonchev–Trinajstić information content (AvgIpc) is 2.11. The second kappa shape index (κ2) is 6.64. The summed E-state index contributed by atoms with van der Waals surface area (Å²) in [5, 5.41) is 2.92. The normalized spacial score (nSPS) is 14.0. The van der Waals surface area contributed by atoms with Gasteiger partial charge in [-0.1, -0.05) is 6.92 Å². The van der Waals surface area contributed by atoms with Gasteiger partial charge in [0.1, 0.15) is 6.29 Å². The number of nitrogens with two attached hydrogens (primary N) is 1. The summed E-state index contributed by atoms with van der Waals surface area (Å²) in [5.41, 5.74) is 5.39. The molecule has 0 aliphatic carbocycles. The molecule has 0 fully saturated rings. The van der Waals surface area contributed by atoms with Gasteiger partial charge in [0, 0.05) is 19.5 Å². The summed E-state index contributed by atoms with van der Waals surface area (Å²) in [6.45, 7) is 2.69. The Morgan fingerprint density at radius 2 is 2.42 bits per heavy atom. The molecular formula is C8H17N3O. The van der Waals surface area contributed by atoms with Gasteiger partial charge in [0.15, 0.2) is 5.96 Å². The van der Waals surface area contributed by atoms with Gasteiger partial charge in [-0.15, -0.1) is 0 Å². The molecule has 0 saturated carbocycles. The van der Waals surface area contributed by atoms with E-state index in [0.29, 0.717) is 5.96 Å². The molecule has 0 aromatic rings. The predicted octanol–water partition coefficient (Wildman–Crippen LogP) is 0.136. The van der Waals surface area contributed by atoms with E-state index in [1.165, 1.54) is 0 Å². The van der Waals surface area contributed by atoms with E-state index >= 15 is 0 Å². The highest BCUT2D eigenvalue weighted by Crippen LogP contribution is 1.99. The zero-order valence-corrected chi connectivity index (χ0v) is 7.71. The molecule has 4 heteroatoms. The van der Waals surface area contributed by atoms with Gasteiger partial charge < -0.3 is 15.8 Å². The Morgan fingerprint density at radius 1 is 1.75 bits per heavy atom. The molecule has 0 aromatic heterocycles. The van der Waals surface area contributed by atoms with Crippen molar-refractivity contribution in [3.63, 3.8) is 0 Å².